The Morgan fingerprint density at radius 1 is 1.58 bits per heavy atom. The van der Waals surface area contributed by atoms with E-state index in [-0.39, 0.29) is 5.92 Å². The van der Waals surface area contributed by atoms with Crippen LogP contribution in [0.15, 0.2) is 26.1 Å². The lowest BCUT2D eigenvalue weighted by Gasteiger charge is -2.22. The monoisotopic (exact) mass is 380 g/mol. The molecular weight excluding hydrogens is 368 g/mol. The summed E-state index contributed by atoms with van der Waals surface area (Å²) in [4.78, 5) is 6.71. The summed E-state index contributed by atoms with van der Waals surface area (Å²) < 4.78 is 23.9. The van der Waals surface area contributed by atoms with Crippen LogP contribution in [-0.4, -0.2) is 42.3 Å². The number of thioether (sulfide) groups is 2. The van der Waals surface area contributed by atoms with Crippen LogP contribution in [0.1, 0.15) is 6.42 Å². The molecule has 0 aliphatic carbocycles. The molecular formula is C11H13BrN2O2S3. The predicted octanol–water partition coefficient (Wildman–Crippen LogP) is 2.61. The third kappa shape index (κ3) is 3.22. The van der Waals surface area contributed by atoms with Crippen LogP contribution < -0.4 is 0 Å². The van der Waals surface area contributed by atoms with E-state index in [4.69, 9.17) is 0 Å². The summed E-state index contributed by atoms with van der Waals surface area (Å²) in [5.74, 6) is 1.79. The highest BCUT2D eigenvalue weighted by molar-refractivity contribution is 9.11. The SMILES string of the molecule is O=S1(=O)CC[C@@H](CSC2=C(Br)CN3C=CSC3=N2)C1. The zero-order chi connectivity index (χ0) is 13.5. The molecule has 3 aliphatic heterocycles. The van der Waals surface area contributed by atoms with Crippen LogP contribution in [0.3, 0.4) is 0 Å². The number of hydrogen-bond acceptors (Lipinski definition) is 6. The third-order valence-electron chi connectivity index (χ3n) is 3.18. The molecule has 3 aliphatic rings. The van der Waals surface area contributed by atoms with Crippen molar-refractivity contribution in [2.75, 3.05) is 23.8 Å². The number of aliphatic imine (C=N–C) groups is 1. The summed E-state index contributed by atoms with van der Waals surface area (Å²) in [6.07, 6.45) is 2.81. The minimum absolute atomic E-state index is 0.274. The molecule has 19 heavy (non-hydrogen) atoms. The molecule has 104 valence electrons. The standard InChI is InChI=1S/C11H13BrN2O2S3/c12-9-5-14-2-3-17-11(14)13-10(9)18-6-8-1-4-19(15,16)7-8/h2-3,8H,1,4-7H2/t8-/m0/s1. The van der Waals surface area contributed by atoms with Gasteiger partial charge in [0.15, 0.2) is 15.0 Å². The van der Waals surface area contributed by atoms with Gasteiger partial charge in [0.2, 0.25) is 0 Å². The minimum atomic E-state index is -2.78. The minimum Gasteiger partial charge on any atom is -0.322 e. The van der Waals surface area contributed by atoms with Gasteiger partial charge in [-0.05, 0) is 17.7 Å². The number of rotatable bonds is 3. The van der Waals surface area contributed by atoms with Crippen LogP contribution in [0.5, 0.6) is 0 Å². The van der Waals surface area contributed by atoms with Crippen molar-refractivity contribution in [1.82, 2.24) is 4.90 Å². The van der Waals surface area contributed by atoms with Gasteiger partial charge in [0, 0.05) is 16.4 Å². The number of fused-ring (bicyclic) bond motifs is 1. The molecule has 0 N–H and O–H groups in total. The normalized spacial score (nSPS) is 28.8. The largest absolute Gasteiger partial charge is 0.322 e. The average molecular weight is 381 g/mol. The van der Waals surface area contributed by atoms with Crippen LogP contribution >= 0.6 is 39.5 Å². The van der Waals surface area contributed by atoms with Crippen molar-refractivity contribution in [2.24, 2.45) is 10.9 Å². The topological polar surface area (TPSA) is 49.7 Å². The lowest BCUT2D eigenvalue weighted by molar-refractivity contribution is 0.599. The van der Waals surface area contributed by atoms with Crippen molar-refractivity contribution in [2.45, 2.75) is 6.42 Å². The van der Waals surface area contributed by atoms with Crippen molar-refractivity contribution in [3.05, 3.63) is 21.1 Å². The van der Waals surface area contributed by atoms with E-state index in [1.165, 1.54) is 0 Å². The highest BCUT2D eigenvalue weighted by Crippen LogP contribution is 2.36. The molecule has 0 aromatic carbocycles. The van der Waals surface area contributed by atoms with Gasteiger partial charge in [-0.15, -0.1) is 11.8 Å². The van der Waals surface area contributed by atoms with Crippen LogP contribution in [0.25, 0.3) is 0 Å². The maximum atomic E-state index is 11.4. The summed E-state index contributed by atoms with van der Waals surface area (Å²) in [6.45, 7) is 0.813. The van der Waals surface area contributed by atoms with E-state index in [9.17, 15) is 8.42 Å². The number of halogens is 1. The zero-order valence-corrected chi connectivity index (χ0v) is 14.1. The number of nitrogens with zero attached hydrogens (tertiary/aromatic N) is 2. The molecule has 0 amide bonds. The molecule has 1 saturated heterocycles. The number of amidine groups is 1. The first-order valence-electron chi connectivity index (χ1n) is 5.94. The zero-order valence-electron chi connectivity index (χ0n) is 10.1. The Labute approximate surface area is 129 Å². The van der Waals surface area contributed by atoms with Crippen LogP contribution in [0.4, 0.5) is 0 Å². The fourth-order valence-corrected chi connectivity index (χ4v) is 6.74. The molecule has 8 heteroatoms. The summed E-state index contributed by atoms with van der Waals surface area (Å²) >= 11 is 6.86. The highest BCUT2D eigenvalue weighted by Gasteiger charge is 2.29. The molecule has 0 aromatic heterocycles. The van der Waals surface area contributed by atoms with Gasteiger partial charge < -0.3 is 4.90 Å². The Balaban J connectivity index is 1.62. The molecule has 3 rings (SSSR count). The molecule has 1 fully saturated rings. The average Bonchev–Trinajstić information content (AvgIpc) is 2.92. The van der Waals surface area contributed by atoms with E-state index >= 15 is 0 Å². The maximum Gasteiger partial charge on any atom is 0.173 e. The van der Waals surface area contributed by atoms with Crippen molar-refractivity contribution in [1.29, 1.82) is 0 Å². The molecule has 0 unspecified atom stereocenters. The molecule has 0 radical (unpaired) electrons. The first-order valence-corrected chi connectivity index (χ1v) is 10.4. The van der Waals surface area contributed by atoms with E-state index in [0.717, 1.165) is 33.4 Å². The first kappa shape index (κ1) is 14.0. The summed E-state index contributed by atoms with van der Waals surface area (Å²) in [5.41, 5.74) is 0. The molecule has 0 aromatic rings. The van der Waals surface area contributed by atoms with Gasteiger partial charge in [0.25, 0.3) is 0 Å². The van der Waals surface area contributed by atoms with Gasteiger partial charge in [-0.1, -0.05) is 27.7 Å². The van der Waals surface area contributed by atoms with Crippen molar-refractivity contribution >= 4 is 54.5 Å². The summed E-state index contributed by atoms with van der Waals surface area (Å²) in [5, 5.41) is 4.02. The van der Waals surface area contributed by atoms with Gasteiger partial charge in [-0.3, -0.25) is 0 Å². The van der Waals surface area contributed by atoms with Gasteiger partial charge in [0.05, 0.1) is 18.1 Å². The van der Waals surface area contributed by atoms with Crippen LogP contribution in [0, 0.1) is 5.92 Å². The second-order valence-corrected chi connectivity index (χ2v) is 9.78. The molecule has 3 heterocycles. The van der Waals surface area contributed by atoms with Crippen molar-refractivity contribution < 1.29 is 8.42 Å². The Morgan fingerprint density at radius 3 is 3.16 bits per heavy atom. The van der Waals surface area contributed by atoms with Crippen LogP contribution in [0.2, 0.25) is 0 Å². The predicted molar refractivity (Wildman–Crippen MR) is 86.0 cm³/mol. The second kappa shape index (κ2) is 5.46. The lowest BCUT2D eigenvalue weighted by atomic mass is 10.2. The fourth-order valence-electron chi connectivity index (χ4n) is 2.18. The van der Waals surface area contributed by atoms with E-state index < -0.39 is 9.84 Å². The third-order valence-corrected chi connectivity index (χ3v) is 7.95. The molecule has 4 nitrogen and oxygen atoms in total. The Hall–Kier alpha value is 0.0800. The quantitative estimate of drug-likeness (QED) is 0.752. The van der Waals surface area contributed by atoms with E-state index in [1.807, 2.05) is 11.6 Å². The Morgan fingerprint density at radius 2 is 2.42 bits per heavy atom. The second-order valence-electron chi connectivity index (χ2n) is 4.72. The lowest BCUT2D eigenvalue weighted by Crippen LogP contribution is -2.24. The van der Waals surface area contributed by atoms with Gasteiger partial charge in [0.1, 0.15) is 5.03 Å². The van der Waals surface area contributed by atoms with E-state index in [2.05, 4.69) is 25.8 Å². The first-order chi connectivity index (χ1) is 9.03. The molecule has 0 spiro atoms. The van der Waals surface area contributed by atoms with Crippen molar-refractivity contribution in [3.63, 3.8) is 0 Å². The summed E-state index contributed by atoms with van der Waals surface area (Å²) in [6, 6.07) is 0. The Bertz CT molecular complexity index is 583. The van der Waals surface area contributed by atoms with Crippen LogP contribution in [-0.2, 0) is 9.84 Å². The molecule has 0 bridgehead atoms. The van der Waals surface area contributed by atoms with Gasteiger partial charge in [-0.2, -0.15) is 0 Å². The number of hydrogen-bond donors (Lipinski definition) is 0. The smallest absolute Gasteiger partial charge is 0.173 e. The van der Waals surface area contributed by atoms with Gasteiger partial charge in [-0.25, -0.2) is 13.4 Å². The van der Waals surface area contributed by atoms with Crippen molar-refractivity contribution in [3.8, 4) is 0 Å². The number of sulfone groups is 1. The molecule has 0 saturated carbocycles. The van der Waals surface area contributed by atoms with E-state index in [1.54, 1.807) is 23.5 Å². The Kier molecular flexibility index (Phi) is 4.03. The molecule has 1 atom stereocenters. The highest BCUT2D eigenvalue weighted by atomic mass is 79.9. The van der Waals surface area contributed by atoms with E-state index in [0.29, 0.717) is 11.5 Å². The summed E-state index contributed by atoms with van der Waals surface area (Å²) in [7, 11) is -2.78. The fraction of sp³-hybridized carbons (Fsp3) is 0.545. The maximum absolute atomic E-state index is 11.4. The van der Waals surface area contributed by atoms with Gasteiger partial charge >= 0.3 is 0 Å².